The molecular weight excluding hydrogens is 464 g/mol. The second-order valence-electron chi connectivity index (χ2n) is 6.93. The molecule has 0 aliphatic heterocycles. The van der Waals surface area contributed by atoms with Crippen molar-refractivity contribution in [3.63, 3.8) is 0 Å². The van der Waals surface area contributed by atoms with E-state index >= 15 is 0 Å². The number of aryl methyl sites for hydroxylation is 1. The van der Waals surface area contributed by atoms with Crippen LogP contribution < -0.4 is 10.1 Å². The van der Waals surface area contributed by atoms with Crippen LogP contribution in [0.15, 0.2) is 52.9 Å². The molecule has 0 saturated carbocycles. The number of aromatic nitrogens is 2. The lowest BCUT2D eigenvalue weighted by atomic mass is 10.1. The number of nitrogens with one attached hydrogen (secondary N) is 1. The molecule has 4 aromatic rings. The minimum absolute atomic E-state index is 0.00835. The number of thiophene rings is 1. The van der Waals surface area contributed by atoms with Gasteiger partial charge in [0.25, 0.3) is 5.69 Å². The molecule has 168 valence electrons. The van der Waals surface area contributed by atoms with Gasteiger partial charge < -0.3 is 15.2 Å². The van der Waals surface area contributed by atoms with Gasteiger partial charge in [-0.1, -0.05) is 23.9 Å². The number of non-ortho nitro benzene ring substituents is 1. The molecule has 0 saturated heterocycles. The highest BCUT2D eigenvalue weighted by Crippen LogP contribution is 2.39. The number of nitro groups is 1. The molecule has 2 N–H and O–H groups in total. The van der Waals surface area contributed by atoms with Gasteiger partial charge in [-0.05, 0) is 30.7 Å². The van der Waals surface area contributed by atoms with Crippen LogP contribution in [0.4, 0.5) is 11.4 Å². The van der Waals surface area contributed by atoms with Gasteiger partial charge in [-0.2, -0.15) is 0 Å². The van der Waals surface area contributed by atoms with Gasteiger partial charge in [0.1, 0.15) is 27.2 Å². The zero-order chi connectivity index (χ0) is 23.5. The number of aromatic hydroxyl groups is 1. The molecule has 33 heavy (non-hydrogen) atoms. The zero-order valence-electron chi connectivity index (χ0n) is 17.6. The summed E-state index contributed by atoms with van der Waals surface area (Å²) < 4.78 is 5.23. The second-order valence-corrected chi connectivity index (χ2v) is 8.75. The van der Waals surface area contributed by atoms with Crippen LogP contribution >= 0.6 is 23.1 Å². The molecule has 9 nitrogen and oxygen atoms in total. The zero-order valence-corrected chi connectivity index (χ0v) is 19.2. The quantitative estimate of drug-likeness (QED) is 0.124. The summed E-state index contributed by atoms with van der Waals surface area (Å²) in [5.41, 5.74) is 1.68. The number of phenolic OH excluding ortho intramolecular Hbond substituents is 1. The fraction of sp³-hybridized carbons (Fsp3) is 0.136. The molecule has 1 amide bonds. The highest BCUT2D eigenvalue weighted by Gasteiger charge is 2.17. The van der Waals surface area contributed by atoms with Crippen LogP contribution in [0.3, 0.4) is 0 Å². The average Bonchev–Trinajstić information content (AvgIpc) is 3.22. The van der Waals surface area contributed by atoms with E-state index in [9.17, 15) is 20.0 Å². The normalized spacial score (nSPS) is 10.8. The number of amides is 1. The number of phenols is 1. The molecule has 4 rings (SSSR count). The van der Waals surface area contributed by atoms with E-state index in [4.69, 9.17) is 4.74 Å². The molecule has 2 aromatic carbocycles. The molecular formula is C22H18N4O5S2. The molecule has 0 atom stereocenters. The summed E-state index contributed by atoms with van der Waals surface area (Å²) in [4.78, 5) is 32.8. The lowest BCUT2D eigenvalue weighted by molar-refractivity contribution is -0.384. The molecule has 0 spiro atoms. The third-order valence-electron chi connectivity index (χ3n) is 4.72. The van der Waals surface area contributed by atoms with Crippen molar-refractivity contribution < 1.29 is 19.6 Å². The smallest absolute Gasteiger partial charge is 0.271 e. The van der Waals surface area contributed by atoms with Gasteiger partial charge in [0.15, 0.2) is 0 Å². The predicted octanol–water partition coefficient (Wildman–Crippen LogP) is 5.02. The van der Waals surface area contributed by atoms with Gasteiger partial charge in [0.2, 0.25) is 5.91 Å². The van der Waals surface area contributed by atoms with Crippen LogP contribution in [0, 0.1) is 17.0 Å². The largest absolute Gasteiger partial charge is 0.506 e. The first-order chi connectivity index (χ1) is 15.9. The van der Waals surface area contributed by atoms with Crippen LogP contribution in [-0.4, -0.2) is 38.8 Å². The number of carbonyl (C=O) groups is 1. The number of thioether (sulfide) groups is 1. The molecule has 2 heterocycles. The van der Waals surface area contributed by atoms with Gasteiger partial charge in [0, 0.05) is 23.1 Å². The maximum absolute atomic E-state index is 12.5. The summed E-state index contributed by atoms with van der Waals surface area (Å²) in [5.74, 6) is 0.650. The Balaban J connectivity index is 1.58. The number of hydrogen-bond donors (Lipinski definition) is 2. The van der Waals surface area contributed by atoms with Crippen LogP contribution in [0.1, 0.15) is 5.82 Å². The lowest BCUT2D eigenvalue weighted by Crippen LogP contribution is -2.14. The van der Waals surface area contributed by atoms with E-state index in [1.54, 1.807) is 14.0 Å². The van der Waals surface area contributed by atoms with Gasteiger partial charge >= 0.3 is 0 Å². The third kappa shape index (κ3) is 4.89. The van der Waals surface area contributed by atoms with Crippen LogP contribution in [0.2, 0.25) is 0 Å². The fourth-order valence-corrected chi connectivity index (χ4v) is 5.10. The van der Waals surface area contributed by atoms with Gasteiger partial charge in [-0.15, -0.1) is 11.3 Å². The first-order valence-corrected chi connectivity index (χ1v) is 11.5. The summed E-state index contributed by atoms with van der Waals surface area (Å²) >= 11 is 2.73. The van der Waals surface area contributed by atoms with Crippen molar-refractivity contribution in [1.82, 2.24) is 9.97 Å². The molecule has 0 bridgehead atoms. The van der Waals surface area contributed by atoms with Crippen molar-refractivity contribution in [2.24, 2.45) is 0 Å². The number of hydrogen-bond acceptors (Lipinski definition) is 9. The van der Waals surface area contributed by atoms with E-state index in [1.165, 1.54) is 29.2 Å². The Labute approximate surface area is 196 Å². The summed E-state index contributed by atoms with van der Waals surface area (Å²) in [6, 6.07) is 11.1. The predicted molar refractivity (Wildman–Crippen MR) is 128 cm³/mol. The Morgan fingerprint density at radius 1 is 1.24 bits per heavy atom. The second kappa shape index (κ2) is 9.43. The number of carbonyl (C=O) groups excluding carboxylic acids is 1. The summed E-state index contributed by atoms with van der Waals surface area (Å²) in [5, 5.41) is 26.9. The molecule has 0 aliphatic carbocycles. The maximum Gasteiger partial charge on any atom is 0.271 e. The van der Waals surface area contributed by atoms with E-state index in [0.29, 0.717) is 10.9 Å². The molecule has 0 aliphatic rings. The van der Waals surface area contributed by atoms with Crippen molar-refractivity contribution in [3.05, 3.63) is 63.8 Å². The van der Waals surface area contributed by atoms with Crippen molar-refractivity contribution in [2.75, 3.05) is 18.2 Å². The van der Waals surface area contributed by atoms with Gasteiger partial charge in [-0.25, -0.2) is 9.97 Å². The maximum atomic E-state index is 12.5. The number of nitro benzene ring substituents is 1. The molecule has 2 aromatic heterocycles. The minimum Gasteiger partial charge on any atom is -0.506 e. The molecule has 0 radical (unpaired) electrons. The Kier molecular flexibility index (Phi) is 6.43. The first kappa shape index (κ1) is 22.5. The van der Waals surface area contributed by atoms with E-state index in [-0.39, 0.29) is 22.9 Å². The fourth-order valence-electron chi connectivity index (χ4n) is 3.16. The number of nitrogens with zero attached hydrogens (tertiary/aromatic N) is 3. The average molecular weight is 483 g/mol. The molecule has 0 fully saturated rings. The first-order valence-electron chi connectivity index (χ1n) is 9.66. The number of rotatable bonds is 7. The van der Waals surface area contributed by atoms with E-state index < -0.39 is 10.8 Å². The van der Waals surface area contributed by atoms with Crippen LogP contribution in [-0.2, 0) is 4.79 Å². The monoisotopic (exact) mass is 482 g/mol. The summed E-state index contributed by atoms with van der Waals surface area (Å²) in [6.45, 7) is 1.79. The standard InChI is InChI=1S/C22H18N4O5S2/c1-12-23-21-20(16(10-32-21)13-3-6-15(31-2)7-4-13)22(24-12)33-11-19(28)25-17-9-14(26(29)30)5-8-18(17)27/h3-10,27H,11H2,1-2H3,(H,25,28). The van der Waals surface area contributed by atoms with Crippen molar-refractivity contribution in [1.29, 1.82) is 0 Å². The van der Waals surface area contributed by atoms with Crippen molar-refractivity contribution >= 4 is 50.6 Å². The third-order valence-corrected chi connectivity index (χ3v) is 6.57. The van der Waals surface area contributed by atoms with Gasteiger partial charge in [-0.3, -0.25) is 14.9 Å². The van der Waals surface area contributed by atoms with E-state index in [0.717, 1.165) is 39.2 Å². The number of methoxy groups -OCH3 is 1. The van der Waals surface area contributed by atoms with E-state index in [1.807, 2.05) is 29.6 Å². The number of benzene rings is 2. The minimum atomic E-state index is -0.596. The lowest BCUT2D eigenvalue weighted by Gasteiger charge is -2.09. The molecule has 11 heteroatoms. The SMILES string of the molecule is COc1ccc(-c2csc3nc(C)nc(SCC(=O)Nc4cc([N+](=O)[O-])ccc4O)c23)cc1. The topological polar surface area (TPSA) is 127 Å². The number of fused-ring (bicyclic) bond motifs is 1. The van der Waals surface area contributed by atoms with E-state index in [2.05, 4.69) is 15.3 Å². The Morgan fingerprint density at radius 2 is 2.00 bits per heavy atom. The van der Waals surface area contributed by atoms with Gasteiger partial charge in [0.05, 0.1) is 28.9 Å². The summed E-state index contributed by atoms with van der Waals surface area (Å²) in [7, 11) is 1.61. The highest BCUT2D eigenvalue weighted by atomic mass is 32.2. The Morgan fingerprint density at radius 3 is 2.70 bits per heavy atom. The van der Waals surface area contributed by atoms with Crippen LogP contribution in [0.25, 0.3) is 21.3 Å². The number of anilines is 1. The van der Waals surface area contributed by atoms with Crippen LogP contribution in [0.5, 0.6) is 11.5 Å². The summed E-state index contributed by atoms with van der Waals surface area (Å²) in [6.07, 6.45) is 0. The Hall–Kier alpha value is -3.70. The van der Waals surface area contributed by atoms with Crippen molar-refractivity contribution in [2.45, 2.75) is 11.9 Å². The highest BCUT2D eigenvalue weighted by molar-refractivity contribution is 8.00. The molecule has 0 unspecified atom stereocenters. The Bertz CT molecular complexity index is 1360. The van der Waals surface area contributed by atoms with Crippen molar-refractivity contribution in [3.8, 4) is 22.6 Å². The number of ether oxygens (including phenoxy) is 1.